The van der Waals surface area contributed by atoms with Gasteiger partial charge in [0.05, 0.1) is 18.6 Å². The summed E-state index contributed by atoms with van der Waals surface area (Å²) in [5.41, 5.74) is 1.75. The number of hydrogen-bond donors (Lipinski definition) is 2. The molecule has 2 N–H and O–H groups in total. The van der Waals surface area contributed by atoms with Crippen LogP contribution in [0.2, 0.25) is 0 Å². The second kappa shape index (κ2) is 6.93. The zero-order chi connectivity index (χ0) is 16.1. The molecule has 6 nitrogen and oxygen atoms in total. The summed E-state index contributed by atoms with van der Waals surface area (Å²) in [6.45, 7) is 0.318. The molecule has 1 unspecified atom stereocenters. The number of furan rings is 1. The minimum atomic E-state index is -0.675. The van der Waals surface area contributed by atoms with Gasteiger partial charge in [-0.2, -0.15) is 0 Å². The van der Waals surface area contributed by atoms with Crippen LogP contribution in [0.15, 0.2) is 63.9 Å². The summed E-state index contributed by atoms with van der Waals surface area (Å²) in [7, 11) is 0. The average Bonchev–Trinajstić information content (AvgIpc) is 3.27. The third-order valence-electron chi connectivity index (χ3n) is 3.43. The van der Waals surface area contributed by atoms with E-state index in [2.05, 4.69) is 10.5 Å². The van der Waals surface area contributed by atoms with Crippen molar-refractivity contribution in [3.63, 3.8) is 0 Å². The number of nitrogens with one attached hydrogen (secondary N) is 1. The molecule has 118 valence electrons. The van der Waals surface area contributed by atoms with Gasteiger partial charge < -0.3 is 19.4 Å². The van der Waals surface area contributed by atoms with E-state index in [1.807, 2.05) is 30.3 Å². The normalized spacial score (nSPS) is 12.0. The standard InChI is InChI=1S/C17H16N2O4/c20-15(13-7-9-22-11-13)6-8-18-17(21)14-10-16(23-19-14)12-4-2-1-3-5-12/h1-5,7,9-11,15,20H,6,8H2,(H,18,21). The third-order valence-corrected chi connectivity index (χ3v) is 3.43. The Kier molecular flexibility index (Phi) is 4.54. The minimum Gasteiger partial charge on any atom is -0.472 e. The van der Waals surface area contributed by atoms with Gasteiger partial charge in [-0.15, -0.1) is 0 Å². The van der Waals surface area contributed by atoms with Gasteiger partial charge in [0.1, 0.15) is 0 Å². The number of aliphatic hydroxyl groups excluding tert-OH is 1. The number of carbonyl (C=O) groups is 1. The quantitative estimate of drug-likeness (QED) is 0.730. The number of nitrogens with zero attached hydrogens (tertiary/aromatic N) is 1. The van der Waals surface area contributed by atoms with Crippen LogP contribution in [0, 0.1) is 0 Å². The van der Waals surface area contributed by atoms with E-state index in [9.17, 15) is 9.90 Å². The molecule has 0 spiro atoms. The molecule has 0 aliphatic heterocycles. The van der Waals surface area contributed by atoms with Gasteiger partial charge in [-0.1, -0.05) is 35.5 Å². The van der Waals surface area contributed by atoms with E-state index in [1.54, 1.807) is 12.1 Å². The summed E-state index contributed by atoms with van der Waals surface area (Å²) in [5, 5.41) is 16.4. The van der Waals surface area contributed by atoms with Crippen LogP contribution in [-0.4, -0.2) is 22.7 Å². The molecule has 0 radical (unpaired) electrons. The number of carbonyl (C=O) groups excluding carboxylic acids is 1. The number of hydrogen-bond acceptors (Lipinski definition) is 5. The Morgan fingerprint density at radius 1 is 1.26 bits per heavy atom. The van der Waals surface area contributed by atoms with Gasteiger partial charge in [0.2, 0.25) is 0 Å². The molecule has 3 aromatic rings. The van der Waals surface area contributed by atoms with Crippen LogP contribution < -0.4 is 5.32 Å². The fraction of sp³-hybridized carbons (Fsp3) is 0.176. The Hall–Kier alpha value is -2.86. The maximum Gasteiger partial charge on any atom is 0.273 e. The van der Waals surface area contributed by atoms with Crippen molar-refractivity contribution in [3.8, 4) is 11.3 Å². The van der Waals surface area contributed by atoms with E-state index in [0.717, 1.165) is 5.56 Å². The topological polar surface area (TPSA) is 88.5 Å². The molecular weight excluding hydrogens is 296 g/mol. The van der Waals surface area contributed by atoms with Crippen molar-refractivity contribution >= 4 is 5.91 Å². The second-order valence-corrected chi connectivity index (χ2v) is 5.06. The average molecular weight is 312 g/mol. The fourth-order valence-electron chi connectivity index (χ4n) is 2.16. The predicted molar refractivity (Wildman–Crippen MR) is 82.6 cm³/mol. The summed E-state index contributed by atoms with van der Waals surface area (Å²) in [5.74, 6) is 0.199. The Morgan fingerprint density at radius 3 is 2.83 bits per heavy atom. The van der Waals surface area contributed by atoms with Gasteiger partial charge in [0, 0.05) is 23.7 Å². The van der Waals surface area contributed by atoms with Gasteiger partial charge >= 0.3 is 0 Å². The first-order valence-corrected chi connectivity index (χ1v) is 7.24. The number of amides is 1. The molecule has 6 heteroatoms. The largest absolute Gasteiger partial charge is 0.472 e. The number of benzene rings is 1. The van der Waals surface area contributed by atoms with E-state index < -0.39 is 6.10 Å². The lowest BCUT2D eigenvalue weighted by Gasteiger charge is -2.08. The van der Waals surface area contributed by atoms with Crippen LogP contribution in [-0.2, 0) is 0 Å². The smallest absolute Gasteiger partial charge is 0.273 e. The van der Waals surface area contributed by atoms with Crippen LogP contribution in [0.1, 0.15) is 28.6 Å². The summed E-state index contributed by atoms with van der Waals surface area (Å²) in [6, 6.07) is 12.7. The Bertz CT molecular complexity index is 750. The minimum absolute atomic E-state index is 0.210. The Morgan fingerprint density at radius 2 is 2.09 bits per heavy atom. The van der Waals surface area contributed by atoms with Crippen LogP contribution in [0.3, 0.4) is 0 Å². The number of aromatic nitrogens is 1. The first-order chi connectivity index (χ1) is 11.2. The van der Waals surface area contributed by atoms with Crippen LogP contribution >= 0.6 is 0 Å². The molecule has 1 aromatic carbocycles. The molecular formula is C17H16N2O4. The SMILES string of the molecule is O=C(NCCC(O)c1ccoc1)c1cc(-c2ccccc2)on1. The molecule has 2 aromatic heterocycles. The number of rotatable bonds is 6. The van der Waals surface area contributed by atoms with Gasteiger partial charge in [0.15, 0.2) is 11.5 Å². The van der Waals surface area contributed by atoms with Gasteiger partial charge in [-0.05, 0) is 12.5 Å². The zero-order valence-corrected chi connectivity index (χ0v) is 12.3. The summed E-state index contributed by atoms with van der Waals surface area (Å²) < 4.78 is 10.1. The van der Waals surface area contributed by atoms with Crippen molar-refractivity contribution in [3.05, 3.63) is 66.2 Å². The van der Waals surface area contributed by atoms with E-state index in [4.69, 9.17) is 8.94 Å². The maximum absolute atomic E-state index is 12.0. The lowest BCUT2D eigenvalue weighted by atomic mass is 10.1. The lowest BCUT2D eigenvalue weighted by Crippen LogP contribution is -2.25. The molecule has 2 heterocycles. The second-order valence-electron chi connectivity index (χ2n) is 5.06. The van der Waals surface area contributed by atoms with Crippen molar-refractivity contribution in [2.45, 2.75) is 12.5 Å². The highest BCUT2D eigenvalue weighted by Gasteiger charge is 2.14. The molecule has 0 saturated heterocycles. The monoisotopic (exact) mass is 312 g/mol. The predicted octanol–water partition coefficient (Wildman–Crippen LogP) is 2.79. The molecule has 3 rings (SSSR count). The van der Waals surface area contributed by atoms with Gasteiger partial charge in [-0.3, -0.25) is 4.79 Å². The highest BCUT2D eigenvalue weighted by atomic mass is 16.5. The Labute approximate surface area is 132 Å². The van der Waals surface area contributed by atoms with Crippen LogP contribution in [0.25, 0.3) is 11.3 Å². The van der Waals surface area contributed by atoms with E-state index in [-0.39, 0.29) is 11.6 Å². The Balaban J connectivity index is 1.54. The summed E-state index contributed by atoms with van der Waals surface area (Å²) >= 11 is 0. The van der Waals surface area contributed by atoms with Crippen molar-refractivity contribution in [2.24, 2.45) is 0 Å². The van der Waals surface area contributed by atoms with Crippen LogP contribution in [0.4, 0.5) is 0 Å². The fourth-order valence-corrected chi connectivity index (χ4v) is 2.16. The molecule has 1 amide bonds. The zero-order valence-electron chi connectivity index (χ0n) is 12.3. The molecule has 0 saturated carbocycles. The third kappa shape index (κ3) is 3.67. The van der Waals surface area contributed by atoms with Gasteiger partial charge in [-0.25, -0.2) is 0 Å². The molecule has 1 atom stereocenters. The first-order valence-electron chi connectivity index (χ1n) is 7.24. The summed E-state index contributed by atoms with van der Waals surface area (Å²) in [6.07, 6.45) is 2.69. The van der Waals surface area contributed by atoms with E-state index >= 15 is 0 Å². The van der Waals surface area contributed by atoms with Crippen LogP contribution in [0.5, 0.6) is 0 Å². The van der Waals surface area contributed by atoms with E-state index in [0.29, 0.717) is 24.3 Å². The number of aliphatic hydroxyl groups is 1. The molecule has 0 bridgehead atoms. The highest BCUT2D eigenvalue weighted by Crippen LogP contribution is 2.20. The maximum atomic E-state index is 12.0. The van der Waals surface area contributed by atoms with Crippen molar-refractivity contribution in [1.29, 1.82) is 0 Å². The van der Waals surface area contributed by atoms with Crippen molar-refractivity contribution in [2.75, 3.05) is 6.54 Å². The van der Waals surface area contributed by atoms with Crippen molar-refractivity contribution < 1.29 is 18.8 Å². The first kappa shape index (κ1) is 15.1. The lowest BCUT2D eigenvalue weighted by molar-refractivity contribution is 0.0933. The van der Waals surface area contributed by atoms with E-state index in [1.165, 1.54) is 12.5 Å². The molecule has 23 heavy (non-hydrogen) atoms. The molecule has 0 aliphatic rings. The molecule has 0 aliphatic carbocycles. The van der Waals surface area contributed by atoms with Gasteiger partial charge in [0.25, 0.3) is 5.91 Å². The highest BCUT2D eigenvalue weighted by molar-refractivity contribution is 5.93. The van der Waals surface area contributed by atoms with Crippen molar-refractivity contribution in [1.82, 2.24) is 10.5 Å². The summed E-state index contributed by atoms with van der Waals surface area (Å²) in [4.78, 5) is 12.0. The molecule has 0 fully saturated rings.